The van der Waals surface area contributed by atoms with E-state index in [-0.39, 0.29) is 11.9 Å². The molecule has 0 radical (unpaired) electrons. The Bertz CT molecular complexity index is 1030. The first-order valence-electron chi connectivity index (χ1n) is 11.3. The van der Waals surface area contributed by atoms with Gasteiger partial charge in [-0.2, -0.15) is 0 Å². The molecule has 0 saturated carbocycles. The van der Waals surface area contributed by atoms with Crippen molar-refractivity contribution in [1.29, 1.82) is 0 Å². The topological polar surface area (TPSA) is 78.2 Å². The Morgan fingerprint density at radius 3 is 2.68 bits per heavy atom. The number of amides is 1. The van der Waals surface area contributed by atoms with E-state index in [4.69, 9.17) is 0 Å². The van der Waals surface area contributed by atoms with E-state index >= 15 is 0 Å². The van der Waals surface area contributed by atoms with Crippen molar-refractivity contribution in [3.63, 3.8) is 0 Å². The van der Waals surface area contributed by atoms with E-state index in [1.807, 2.05) is 35.8 Å². The first-order valence-corrected chi connectivity index (χ1v) is 13.1. The quantitative estimate of drug-likeness (QED) is 0.640. The third-order valence-corrected chi connectivity index (χ3v) is 8.28. The molecule has 4 heterocycles. The van der Waals surface area contributed by atoms with Gasteiger partial charge in [-0.15, -0.1) is 0 Å². The molecule has 2 saturated heterocycles. The molecule has 9 heteroatoms. The summed E-state index contributed by atoms with van der Waals surface area (Å²) in [5.74, 6) is 0.585. The van der Waals surface area contributed by atoms with Gasteiger partial charge in [0.15, 0.2) is 15.5 Å². The molecular weight excluding hydrogens is 414 g/mol. The van der Waals surface area contributed by atoms with Crippen LogP contribution in [0.15, 0.2) is 24.4 Å². The van der Waals surface area contributed by atoms with Gasteiger partial charge in [0.1, 0.15) is 5.65 Å². The van der Waals surface area contributed by atoms with Crippen molar-refractivity contribution in [3.8, 4) is 0 Å². The van der Waals surface area contributed by atoms with Crippen molar-refractivity contribution < 1.29 is 13.2 Å². The van der Waals surface area contributed by atoms with Crippen LogP contribution in [0.3, 0.4) is 0 Å². The first kappa shape index (κ1) is 22.2. The molecule has 0 unspecified atom stereocenters. The van der Waals surface area contributed by atoms with Crippen LogP contribution < -0.4 is 0 Å². The standard InChI is InChI=1S/C22H33N5O3S/c1-3-4-9-24(2)22(28)21-19(27-10-6-5-7-20(27)23-21)16-25-11-13-26(14-12-25)18-8-15-31(29,30)17-18/h5-7,10,18H,3-4,8-9,11-17H2,1-2H3/t18-/m1/s1. The molecule has 170 valence electrons. The van der Waals surface area contributed by atoms with Gasteiger partial charge in [0.25, 0.3) is 5.91 Å². The molecule has 2 fully saturated rings. The van der Waals surface area contributed by atoms with E-state index in [1.54, 1.807) is 4.90 Å². The molecule has 2 aliphatic heterocycles. The summed E-state index contributed by atoms with van der Waals surface area (Å²) < 4.78 is 25.7. The summed E-state index contributed by atoms with van der Waals surface area (Å²) in [5, 5.41) is 0. The van der Waals surface area contributed by atoms with Gasteiger partial charge in [-0.25, -0.2) is 13.4 Å². The Labute approximate surface area is 184 Å². The minimum atomic E-state index is -2.86. The van der Waals surface area contributed by atoms with Crippen LogP contribution in [0.2, 0.25) is 0 Å². The molecule has 0 aromatic carbocycles. The van der Waals surface area contributed by atoms with Crippen LogP contribution in [0.5, 0.6) is 0 Å². The monoisotopic (exact) mass is 447 g/mol. The van der Waals surface area contributed by atoms with E-state index in [0.29, 0.717) is 23.7 Å². The molecule has 31 heavy (non-hydrogen) atoms. The van der Waals surface area contributed by atoms with Crippen LogP contribution >= 0.6 is 0 Å². The van der Waals surface area contributed by atoms with Crippen LogP contribution in [-0.2, 0) is 16.4 Å². The molecule has 2 aromatic rings. The largest absolute Gasteiger partial charge is 0.340 e. The molecule has 0 bridgehead atoms. The number of aromatic nitrogens is 2. The second-order valence-corrected chi connectivity index (χ2v) is 11.0. The normalized spacial score (nSPS) is 22.2. The first-order chi connectivity index (χ1) is 14.9. The van der Waals surface area contributed by atoms with Gasteiger partial charge in [0.05, 0.1) is 17.2 Å². The lowest BCUT2D eigenvalue weighted by Gasteiger charge is -2.37. The fraction of sp³-hybridized carbons (Fsp3) is 0.636. The summed E-state index contributed by atoms with van der Waals surface area (Å²) in [6.45, 7) is 6.94. The highest BCUT2D eigenvalue weighted by atomic mass is 32.2. The highest BCUT2D eigenvalue weighted by Gasteiger charge is 2.34. The van der Waals surface area contributed by atoms with Crippen molar-refractivity contribution in [3.05, 3.63) is 35.8 Å². The number of carbonyl (C=O) groups is 1. The fourth-order valence-corrected chi connectivity index (χ4v) is 6.37. The van der Waals surface area contributed by atoms with Crippen LogP contribution in [0, 0.1) is 0 Å². The van der Waals surface area contributed by atoms with Gasteiger partial charge in [0.2, 0.25) is 0 Å². The Morgan fingerprint density at radius 1 is 1.23 bits per heavy atom. The van der Waals surface area contributed by atoms with E-state index in [9.17, 15) is 13.2 Å². The summed E-state index contributed by atoms with van der Waals surface area (Å²) in [7, 11) is -1.02. The van der Waals surface area contributed by atoms with Crippen LogP contribution in [0.4, 0.5) is 0 Å². The number of pyridine rings is 1. The highest BCUT2D eigenvalue weighted by molar-refractivity contribution is 7.91. The highest BCUT2D eigenvalue weighted by Crippen LogP contribution is 2.21. The van der Waals surface area contributed by atoms with Crippen LogP contribution in [0.25, 0.3) is 5.65 Å². The SMILES string of the molecule is CCCCN(C)C(=O)c1nc2ccccn2c1CN1CCN([C@@H]2CCS(=O)(=O)C2)CC1. The number of nitrogens with zero attached hydrogens (tertiary/aromatic N) is 5. The predicted octanol–water partition coefficient (Wildman–Crippen LogP) is 1.51. The van der Waals surface area contributed by atoms with Gasteiger partial charge in [-0.05, 0) is 25.0 Å². The molecule has 2 aliphatic rings. The minimum Gasteiger partial charge on any atom is -0.340 e. The predicted molar refractivity (Wildman–Crippen MR) is 121 cm³/mol. The second-order valence-electron chi connectivity index (χ2n) is 8.79. The summed E-state index contributed by atoms with van der Waals surface area (Å²) in [5.41, 5.74) is 2.26. The Kier molecular flexibility index (Phi) is 6.64. The zero-order valence-electron chi connectivity index (χ0n) is 18.5. The third-order valence-electron chi connectivity index (χ3n) is 6.53. The maximum atomic E-state index is 13.1. The van der Waals surface area contributed by atoms with E-state index in [0.717, 1.165) is 63.3 Å². The molecule has 0 N–H and O–H groups in total. The average Bonchev–Trinajstić information content (AvgIpc) is 3.32. The van der Waals surface area contributed by atoms with Gasteiger partial charge < -0.3 is 9.30 Å². The molecule has 1 amide bonds. The third kappa shape index (κ3) is 4.94. The molecule has 0 aliphatic carbocycles. The zero-order valence-corrected chi connectivity index (χ0v) is 19.4. The molecule has 0 spiro atoms. The second kappa shape index (κ2) is 9.26. The summed E-state index contributed by atoms with van der Waals surface area (Å²) in [6, 6.07) is 6.00. The number of hydrogen-bond acceptors (Lipinski definition) is 6. The number of hydrogen-bond donors (Lipinski definition) is 0. The van der Waals surface area contributed by atoms with Gasteiger partial charge >= 0.3 is 0 Å². The summed E-state index contributed by atoms with van der Waals surface area (Å²) in [4.78, 5) is 24.2. The number of fused-ring (bicyclic) bond motifs is 1. The summed E-state index contributed by atoms with van der Waals surface area (Å²) in [6.07, 6.45) is 4.74. The average molecular weight is 448 g/mol. The van der Waals surface area contributed by atoms with Crippen molar-refractivity contribution in [2.75, 3.05) is 51.3 Å². The maximum absolute atomic E-state index is 13.1. The van der Waals surface area contributed by atoms with Crippen molar-refractivity contribution >= 4 is 21.4 Å². The van der Waals surface area contributed by atoms with Crippen molar-refractivity contribution in [2.24, 2.45) is 0 Å². The molecule has 2 aromatic heterocycles. The van der Waals surface area contributed by atoms with Gasteiger partial charge in [0, 0.05) is 58.6 Å². The minimum absolute atomic E-state index is 0.0260. The lowest BCUT2D eigenvalue weighted by Crippen LogP contribution is -2.50. The molecular formula is C22H33N5O3S. The van der Waals surface area contributed by atoms with Crippen molar-refractivity contribution in [2.45, 2.75) is 38.8 Å². The van der Waals surface area contributed by atoms with Gasteiger partial charge in [-0.1, -0.05) is 19.4 Å². The van der Waals surface area contributed by atoms with Gasteiger partial charge in [-0.3, -0.25) is 14.6 Å². The van der Waals surface area contributed by atoms with Crippen LogP contribution in [0.1, 0.15) is 42.4 Å². The number of carbonyl (C=O) groups excluding carboxylic acids is 1. The smallest absolute Gasteiger partial charge is 0.274 e. The molecule has 4 rings (SSSR count). The van der Waals surface area contributed by atoms with Crippen molar-refractivity contribution in [1.82, 2.24) is 24.1 Å². The number of rotatable bonds is 7. The van der Waals surface area contributed by atoms with E-state index in [2.05, 4.69) is 21.7 Å². The number of imidazole rings is 1. The number of sulfone groups is 1. The van der Waals surface area contributed by atoms with Crippen LogP contribution in [-0.4, -0.2) is 95.7 Å². The zero-order chi connectivity index (χ0) is 22.0. The Hall–Kier alpha value is -1.97. The summed E-state index contributed by atoms with van der Waals surface area (Å²) >= 11 is 0. The Balaban J connectivity index is 1.47. The lowest BCUT2D eigenvalue weighted by atomic mass is 10.2. The van der Waals surface area contributed by atoms with E-state index in [1.165, 1.54) is 0 Å². The molecule has 8 nitrogen and oxygen atoms in total. The van der Waals surface area contributed by atoms with E-state index < -0.39 is 9.84 Å². The molecule has 1 atom stereocenters. The number of piperazine rings is 1. The maximum Gasteiger partial charge on any atom is 0.274 e. The lowest BCUT2D eigenvalue weighted by molar-refractivity contribution is 0.0780. The Morgan fingerprint density at radius 2 is 2.00 bits per heavy atom. The fourth-order valence-electron chi connectivity index (χ4n) is 4.61. The number of unbranched alkanes of at least 4 members (excludes halogenated alkanes) is 1.